The molecule has 122 valence electrons. The molecule has 0 atom stereocenters. The number of carbonyl (C=O) groups is 1. The molecule has 9 heteroatoms. The van der Waals surface area contributed by atoms with Gasteiger partial charge < -0.3 is 16.2 Å². The van der Waals surface area contributed by atoms with Crippen LogP contribution in [-0.2, 0) is 0 Å². The van der Waals surface area contributed by atoms with E-state index in [1.165, 1.54) is 12.1 Å². The van der Waals surface area contributed by atoms with Gasteiger partial charge in [-0.2, -0.15) is 4.98 Å². The highest BCUT2D eigenvalue weighted by Crippen LogP contribution is 2.38. The van der Waals surface area contributed by atoms with E-state index in [1.54, 1.807) is 24.3 Å². The Morgan fingerprint density at radius 2 is 1.92 bits per heavy atom. The van der Waals surface area contributed by atoms with Crippen molar-refractivity contribution < 1.29 is 9.90 Å². The van der Waals surface area contributed by atoms with Crippen LogP contribution < -0.4 is 11.1 Å². The molecule has 2 aromatic carbocycles. The molecule has 1 heterocycles. The molecule has 0 radical (unpaired) electrons. The van der Waals surface area contributed by atoms with Crippen LogP contribution in [0.15, 0.2) is 36.4 Å². The molecule has 5 N–H and O–H groups in total. The molecule has 0 amide bonds. The number of nitrogens with two attached hydrogens (primary N) is 1. The van der Waals surface area contributed by atoms with E-state index in [0.717, 1.165) is 0 Å². The number of aromatic nitrogens is 3. The smallest absolute Gasteiger partial charge is 0.335 e. The van der Waals surface area contributed by atoms with E-state index >= 15 is 0 Å². The van der Waals surface area contributed by atoms with E-state index < -0.39 is 5.97 Å². The van der Waals surface area contributed by atoms with Crippen LogP contribution >= 0.6 is 23.2 Å². The number of carboxylic acid groups (broad SMARTS) is 1. The molecule has 0 unspecified atom stereocenters. The van der Waals surface area contributed by atoms with Crippen LogP contribution in [0.4, 0.5) is 17.6 Å². The second-order valence-electron chi connectivity index (χ2n) is 4.87. The molecule has 0 spiro atoms. The third kappa shape index (κ3) is 3.27. The van der Waals surface area contributed by atoms with E-state index in [-0.39, 0.29) is 17.5 Å². The summed E-state index contributed by atoms with van der Waals surface area (Å²) in [4.78, 5) is 15.0. The Morgan fingerprint density at radius 3 is 2.50 bits per heavy atom. The van der Waals surface area contributed by atoms with Crippen LogP contribution in [0, 0.1) is 0 Å². The fraction of sp³-hybridized carbons (Fsp3) is 0. The number of aromatic carboxylic acids is 1. The molecular formula is C15H11Cl2N5O2. The van der Waals surface area contributed by atoms with Gasteiger partial charge >= 0.3 is 5.97 Å². The normalized spacial score (nSPS) is 10.6. The number of nitrogens with one attached hydrogen (secondary N) is 2. The van der Waals surface area contributed by atoms with Crippen molar-refractivity contribution in [3.05, 3.63) is 52.0 Å². The number of hydrogen-bond acceptors (Lipinski definition) is 5. The second kappa shape index (κ2) is 6.38. The van der Waals surface area contributed by atoms with Gasteiger partial charge in [0.15, 0.2) is 0 Å². The first-order valence-corrected chi connectivity index (χ1v) is 7.47. The number of anilines is 3. The fourth-order valence-electron chi connectivity index (χ4n) is 2.19. The summed E-state index contributed by atoms with van der Waals surface area (Å²) in [6.45, 7) is 0. The van der Waals surface area contributed by atoms with E-state index in [1.807, 2.05) is 0 Å². The van der Waals surface area contributed by atoms with Crippen LogP contribution in [0.1, 0.15) is 10.4 Å². The van der Waals surface area contributed by atoms with Gasteiger partial charge in [-0.3, -0.25) is 0 Å². The lowest BCUT2D eigenvalue weighted by Crippen LogP contribution is -1.97. The van der Waals surface area contributed by atoms with Gasteiger partial charge in [-0.25, -0.2) is 9.89 Å². The summed E-state index contributed by atoms with van der Waals surface area (Å²) in [5, 5.41) is 19.1. The maximum Gasteiger partial charge on any atom is 0.335 e. The zero-order valence-electron chi connectivity index (χ0n) is 12.0. The first-order chi connectivity index (χ1) is 11.4. The minimum atomic E-state index is -1.02. The summed E-state index contributed by atoms with van der Waals surface area (Å²) in [7, 11) is 0. The Labute approximate surface area is 146 Å². The van der Waals surface area contributed by atoms with E-state index in [2.05, 4.69) is 20.5 Å². The van der Waals surface area contributed by atoms with Crippen molar-refractivity contribution in [1.82, 2.24) is 15.2 Å². The molecule has 0 saturated heterocycles. The minimum Gasteiger partial charge on any atom is -0.478 e. The highest BCUT2D eigenvalue weighted by atomic mass is 35.5. The quantitative estimate of drug-likeness (QED) is 0.559. The van der Waals surface area contributed by atoms with Crippen molar-refractivity contribution in [1.29, 1.82) is 0 Å². The Bertz CT molecular complexity index is 903. The summed E-state index contributed by atoms with van der Waals surface area (Å²) in [5.74, 6) is -0.568. The molecule has 7 nitrogen and oxygen atoms in total. The molecule has 24 heavy (non-hydrogen) atoms. The van der Waals surface area contributed by atoms with Gasteiger partial charge in [-0.1, -0.05) is 35.3 Å². The highest BCUT2D eigenvalue weighted by molar-refractivity contribution is 6.39. The van der Waals surface area contributed by atoms with E-state index in [0.29, 0.717) is 26.9 Å². The molecule has 0 bridgehead atoms. The van der Waals surface area contributed by atoms with Crippen molar-refractivity contribution in [3.63, 3.8) is 0 Å². The lowest BCUT2D eigenvalue weighted by molar-refractivity contribution is 0.0697. The average molecular weight is 364 g/mol. The molecule has 0 aliphatic carbocycles. The first kappa shape index (κ1) is 16.1. The number of halogens is 2. The Balaban J connectivity index is 1.98. The molecule has 3 rings (SSSR count). The van der Waals surface area contributed by atoms with E-state index in [4.69, 9.17) is 34.0 Å². The summed E-state index contributed by atoms with van der Waals surface area (Å²) in [6, 6.07) is 9.66. The van der Waals surface area contributed by atoms with Crippen molar-refractivity contribution in [2.24, 2.45) is 0 Å². The lowest BCUT2D eigenvalue weighted by atomic mass is 10.0. The van der Waals surface area contributed by atoms with Gasteiger partial charge in [0.2, 0.25) is 11.9 Å². The molecule has 3 aromatic rings. The van der Waals surface area contributed by atoms with Crippen molar-refractivity contribution in [3.8, 4) is 11.1 Å². The molecule has 1 aromatic heterocycles. The van der Waals surface area contributed by atoms with Crippen molar-refractivity contribution in [2.45, 2.75) is 0 Å². The second-order valence-corrected chi connectivity index (χ2v) is 5.68. The molecule has 0 aliphatic heterocycles. The molecular weight excluding hydrogens is 353 g/mol. The van der Waals surface area contributed by atoms with Crippen molar-refractivity contribution in [2.75, 3.05) is 11.1 Å². The molecule has 0 saturated carbocycles. The maximum atomic E-state index is 11.1. The minimum absolute atomic E-state index is 0.151. The number of rotatable bonds is 4. The zero-order chi connectivity index (χ0) is 17.3. The fourth-order valence-corrected chi connectivity index (χ4v) is 2.89. The Hall–Kier alpha value is -2.77. The summed E-state index contributed by atoms with van der Waals surface area (Å²) in [6.07, 6.45) is 0. The van der Waals surface area contributed by atoms with Crippen LogP contribution in [0.25, 0.3) is 11.1 Å². The molecule has 0 aliphatic rings. The monoisotopic (exact) mass is 363 g/mol. The van der Waals surface area contributed by atoms with Gasteiger partial charge in [0.05, 0.1) is 15.6 Å². The maximum absolute atomic E-state index is 11.1. The van der Waals surface area contributed by atoms with Crippen LogP contribution in [-0.4, -0.2) is 26.3 Å². The first-order valence-electron chi connectivity index (χ1n) is 6.71. The van der Waals surface area contributed by atoms with Gasteiger partial charge in [-0.15, -0.1) is 5.10 Å². The number of hydrogen-bond donors (Lipinski definition) is 4. The van der Waals surface area contributed by atoms with Crippen LogP contribution in [0.3, 0.4) is 0 Å². The lowest BCUT2D eigenvalue weighted by Gasteiger charge is -2.11. The zero-order valence-corrected chi connectivity index (χ0v) is 13.6. The number of benzene rings is 2. The van der Waals surface area contributed by atoms with Crippen LogP contribution in [0.2, 0.25) is 10.0 Å². The number of aromatic amines is 1. The predicted octanol–water partition coefficient (Wildman–Crippen LogP) is 3.80. The Morgan fingerprint density at radius 1 is 1.21 bits per heavy atom. The molecule has 0 fully saturated rings. The highest BCUT2D eigenvalue weighted by Gasteiger charge is 2.13. The van der Waals surface area contributed by atoms with Gasteiger partial charge in [0.25, 0.3) is 0 Å². The Kier molecular flexibility index (Phi) is 4.28. The SMILES string of the molecule is Nc1nc(Nc2cc(Cl)c(-c3cccc(C(=O)O)c3)c(Cl)c2)n[nH]1. The summed E-state index contributed by atoms with van der Waals surface area (Å²) < 4.78 is 0. The topological polar surface area (TPSA) is 117 Å². The number of nitrogens with zero attached hydrogens (tertiary/aromatic N) is 2. The van der Waals surface area contributed by atoms with E-state index in [9.17, 15) is 4.79 Å². The third-order valence-electron chi connectivity index (χ3n) is 3.20. The summed E-state index contributed by atoms with van der Waals surface area (Å²) in [5.41, 5.74) is 7.34. The van der Waals surface area contributed by atoms with Gasteiger partial charge in [0.1, 0.15) is 0 Å². The van der Waals surface area contributed by atoms with Gasteiger partial charge in [-0.05, 0) is 29.8 Å². The van der Waals surface area contributed by atoms with Crippen LogP contribution in [0.5, 0.6) is 0 Å². The van der Waals surface area contributed by atoms with Crippen molar-refractivity contribution >= 4 is 46.8 Å². The standard InChI is InChI=1S/C15H11Cl2N5O2/c16-10-5-9(19-15-20-14(18)21-22-15)6-11(17)12(10)7-2-1-3-8(4-7)13(23)24/h1-6H,(H,23,24)(H4,18,19,20,21,22). The number of H-pyrrole nitrogens is 1. The number of nitrogen functional groups attached to an aromatic ring is 1. The predicted molar refractivity (Wildman–Crippen MR) is 92.9 cm³/mol. The third-order valence-corrected chi connectivity index (χ3v) is 3.80. The number of carboxylic acids is 1. The van der Waals surface area contributed by atoms with Gasteiger partial charge in [0, 0.05) is 11.3 Å². The average Bonchev–Trinajstić information content (AvgIpc) is 2.92. The summed E-state index contributed by atoms with van der Waals surface area (Å²) >= 11 is 12.7. The largest absolute Gasteiger partial charge is 0.478 e.